The number of H-pyrrole nitrogens is 1. The number of fused-ring (bicyclic) bond motifs is 1. The second-order valence-corrected chi connectivity index (χ2v) is 7.54. The molecule has 0 spiro atoms. The van der Waals surface area contributed by atoms with E-state index in [1.165, 1.54) is 4.90 Å². The lowest BCUT2D eigenvalue weighted by Gasteiger charge is -2.08. The van der Waals surface area contributed by atoms with E-state index in [9.17, 15) is 4.21 Å². The van der Waals surface area contributed by atoms with Crippen LogP contribution in [0.5, 0.6) is 0 Å². The molecule has 1 N–H and O–H groups in total. The monoisotopic (exact) mass is 331 g/mol. The largest absolute Gasteiger partial charge is 0.331 e. The van der Waals surface area contributed by atoms with Gasteiger partial charge in [0.05, 0.1) is 33.3 Å². The number of benzene rings is 1. The van der Waals surface area contributed by atoms with Crippen LogP contribution < -0.4 is 0 Å². The van der Waals surface area contributed by atoms with Crippen molar-refractivity contribution in [3.63, 3.8) is 0 Å². The molecule has 1 atom stereocenters. The molecule has 0 bridgehead atoms. The maximum absolute atomic E-state index is 12.6. The summed E-state index contributed by atoms with van der Waals surface area (Å²) in [4.78, 5) is 13.1. The van der Waals surface area contributed by atoms with Crippen LogP contribution in [0.15, 0.2) is 46.6 Å². The summed E-state index contributed by atoms with van der Waals surface area (Å²) < 4.78 is 12.6. The van der Waals surface area contributed by atoms with Crippen LogP contribution in [0, 0.1) is 6.92 Å². The number of pyridine rings is 1. The van der Waals surface area contributed by atoms with Gasteiger partial charge in [0.2, 0.25) is 0 Å². The Morgan fingerprint density at radius 2 is 2.09 bits per heavy atom. The molecule has 0 aliphatic carbocycles. The maximum atomic E-state index is 12.6. The standard InChI is InChI=1S/C16H17N3OS2/c1-3-21-15-8-9-17-14(11(15)2)10-22(20)16-18-12-6-4-5-7-13(12)19-16/h4-9H,3,10H2,1-2H3,(H,18,19)/t22-/m1/s1. The molecule has 0 aliphatic rings. The van der Waals surface area contributed by atoms with E-state index in [0.717, 1.165) is 28.0 Å². The van der Waals surface area contributed by atoms with Gasteiger partial charge in [-0.2, -0.15) is 0 Å². The highest BCUT2D eigenvalue weighted by molar-refractivity contribution is 7.99. The molecule has 4 nitrogen and oxygen atoms in total. The summed E-state index contributed by atoms with van der Waals surface area (Å²) in [6, 6.07) is 9.72. The van der Waals surface area contributed by atoms with E-state index in [4.69, 9.17) is 0 Å². The number of hydrogen-bond donors (Lipinski definition) is 1. The van der Waals surface area contributed by atoms with E-state index in [0.29, 0.717) is 10.9 Å². The number of imidazole rings is 1. The summed E-state index contributed by atoms with van der Waals surface area (Å²) in [7, 11) is -1.23. The maximum Gasteiger partial charge on any atom is 0.197 e. The topological polar surface area (TPSA) is 58.6 Å². The molecular formula is C16H17N3OS2. The number of hydrogen-bond acceptors (Lipinski definition) is 4. The zero-order valence-electron chi connectivity index (χ0n) is 12.5. The molecule has 114 valence electrons. The molecule has 6 heteroatoms. The molecular weight excluding hydrogens is 314 g/mol. The van der Waals surface area contributed by atoms with Gasteiger partial charge in [-0.15, -0.1) is 11.8 Å². The summed E-state index contributed by atoms with van der Waals surface area (Å²) in [5.74, 6) is 1.39. The van der Waals surface area contributed by atoms with Gasteiger partial charge in [0, 0.05) is 11.1 Å². The average Bonchev–Trinajstić information content (AvgIpc) is 2.95. The van der Waals surface area contributed by atoms with Crippen molar-refractivity contribution in [3.8, 4) is 0 Å². The van der Waals surface area contributed by atoms with Gasteiger partial charge in [-0.3, -0.25) is 9.19 Å². The number of thioether (sulfide) groups is 1. The Balaban J connectivity index is 1.86. The average molecular weight is 331 g/mol. The van der Waals surface area contributed by atoms with Gasteiger partial charge in [-0.1, -0.05) is 19.1 Å². The van der Waals surface area contributed by atoms with Gasteiger partial charge >= 0.3 is 0 Å². The Bertz CT molecular complexity index is 796. The van der Waals surface area contributed by atoms with E-state index in [1.54, 1.807) is 18.0 Å². The summed E-state index contributed by atoms with van der Waals surface area (Å²) in [5.41, 5.74) is 3.73. The third-order valence-electron chi connectivity index (χ3n) is 3.41. The second-order valence-electron chi connectivity index (χ2n) is 4.86. The first-order valence-electron chi connectivity index (χ1n) is 7.09. The Hall–Kier alpha value is -1.66. The lowest BCUT2D eigenvalue weighted by Crippen LogP contribution is -2.03. The summed E-state index contributed by atoms with van der Waals surface area (Å²) >= 11 is 1.78. The van der Waals surface area contributed by atoms with Crippen LogP contribution in [0.2, 0.25) is 0 Å². The van der Waals surface area contributed by atoms with Gasteiger partial charge in [0.1, 0.15) is 0 Å². The first kappa shape index (κ1) is 15.2. The second kappa shape index (κ2) is 6.62. The van der Waals surface area contributed by atoms with Crippen molar-refractivity contribution in [1.82, 2.24) is 15.0 Å². The SMILES string of the molecule is CCSc1ccnc(C[S@@](=O)c2nc3ccccc3[nH]2)c1C. The minimum atomic E-state index is -1.23. The van der Waals surface area contributed by atoms with Crippen LogP contribution in [0.25, 0.3) is 11.0 Å². The number of aromatic nitrogens is 3. The lowest BCUT2D eigenvalue weighted by atomic mass is 10.2. The zero-order valence-corrected chi connectivity index (χ0v) is 14.1. The van der Waals surface area contributed by atoms with Gasteiger partial charge in [-0.25, -0.2) is 4.98 Å². The molecule has 0 saturated carbocycles. The molecule has 0 aliphatic heterocycles. The molecule has 2 aromatic heterocycles. The fourth-order valence-electron chi connectivity index (χ4n) is 2.25. The van der Waals surface area contributed by atoms with E-state index in [2.05, 4.69) is 21.9 Å². The zero-order chi connectivity index (χ0) is 15.5. The van der Waals surface area contributed by atoms with E-state index >= 15 is 0 Å². The predicted molar refractivity (Wildman–Crippen MR) is 91.6 cm³/mol. The number of rotatable bonds is 5. The van der Waals surface area contributed by atoms with Crippen LogP contribution >= 0.6 is 11.8 Å². The normalized spacial score (nSPS) is 12.6. The lowest BCUT2D eigenvalue weighted by molar-refractivity contribution is 0.676. The minimum Gasteiger partial charge on any atom is -0.331 e. The first-order valence-corrected chi connectivity index (χ1v) is 9.40. The van der Waals surface area contributed by atoms with Crippen LogP contribution in [0.3, 0.4) is 0 Å². The van der Waals surface area contributed by atoms with Crippen LogP contribution in [0.4, 0.5) is 0 Å². The molecule has 1 aromatic carbocycles. The van der Waals surface area contributed by atoms with E-state index in [1.807, 2.05) is 37.3 Å². The molecule has 0 radical (unpaired) electrons. The Morgan fingerprint density at radius 1 is 1.27 bits per heavy atom. The number of nitrogens with zero attached hydrogens (tertiary/aromatic N) is 2. The van der Waals surface area contributed by atoms with Crippen molar-refractivity contribution in [2.45, 2.75) is 29.7 Å². The van der Waals surface area contributed by atoms with Crippen molar-refractivity contribution in [1.29, 1.82) is 0 Å². The molecule has 0 amide bonds. The molecule has 3 aromatic rings. The Morgan fingerprint density at radius 3 is 2.86 bits per heavy atom. The van der Waals surface area contributed by atoms with Crippen LogP contribution in [-0.4, -0.2) is 24.9 Å². The predicted octanol–water partition coefficient (Wildman–Crippen LogP) is 3.69. The van der Waals surface area contributed by atoms with Crippen LogP contribution in [-0.2, 0) is 16.6 Å². The third kappa shape index (κ3) is 3.08. The van der Waals surface area contributed by atoms with Gasteiger partial charge in [-0.05, 0) is 36.4 Å². The van der Waals surface area contributed by atoms with Gasteiger partial charge in [0.25, 0.3) is 0 Å². The molecule has 3 rings (SSSR count). The Labute approximate surface area is 136 Å². The molecule has 0 saturated heterocycles. The highest BCUT2D eigenvalue weighted by Crippen LogP contribution is 2.24. The van der Waals surface area contributed by atoms with Gasteiger partial charge in [0.15, 0.2) is 5.16 Å². The highest BCUT2D eigenvalue weighted by Gasteiger charge is 2.14. The third-order valence-corrected chi connectivity index (χ3v) is 5.61. The number of aromatic amines is 1. The quantitative estimate of drug-likeness (QED) is 0.725. The fraction of sp³-hybridized carbons (Fsp3) is 0.250. The molecule has 0 unspecified atom stereocenters. The summed E-state index contributed by atoms with van der Waals surface area (Å²) in [6.07, 6.45) is 1.79. The minimum absolute atomic E-state index is 0.379. The summed E-state index contributed by atoms with van der Waals surface area (Å²) in [5, 5.41) is 0.510. The number of para-hydroxylation sites is 2. The van der Waals surface area contributed by atoms with Crippen molar-refractivity contribution in [2.75, 3.05) is 5.75 Å². The van der Waals surface area contributed by atoms with Gasteiger partial charge < -0.3 is 4.98 Å². The van der Waals surface area contributed by atoms with Crippen LogP contribution in [0.1, 0.15) is 18.2 Å². The first-order chi connectivity index (χ1) is 10.7. The van der Waals surface area contributed by atoms with Crippen molar-refractivity contribution in [3.05, 3.63) is 47.8 Å². The Kier molecular flexibility index (Phi) is 4.59. The molecule has 22 heavy (non-hydrogen) atoms. The van der Waals surface area contributed by atoms with E-state index < -0.39 is 10.8 Å². The molecule has 0 fully saturated rings. The fourth-order valence-corrected chi connectivity index (χ4v) is 4.15. The smallest absolute Gasteiger partial charge is 0.197 e. The summed E-state index contributed by atoms with van der Waals surface area (Å²) in [6.45, 7) is 4.16. The number of nitrogens with one attached hydrogen (secondary N) is 1. The molecule has 2 heterocycles. The van der Waals surface area contributed by atoms with E-state index in [-0.39, 0.29) is 0 Å². The van der Waals surface area contributed by atoms with Crippen molar-refractivity contribution in [2.24, 2.45) is 0 Å². The van der Waals surface area contributed by atoms with Crippen molar-refractivity contribution < 1.29 is 4.21 Å². The highest BCUT2D eigenvalue weighted by atomic mass is 32.2. The van der Waals surface area contributed by atoms with Crippen molar-refractivity contribution >= 4 is 33.6 Å².